The topological polar surface area (TPSA) is 57.6 Å². The van der Waals surface area contributed by atoms with E-state index in [4.69, 9.17) is 4.74 Å². The molecule has 1 spiro atoms. The molecule has 2 aliphatic heterocycles. The highest BCUT2D eigenvalue weighted by Crippen LogP contribution is 2.47. The fourth-order valence-corrected chi connectivity index (χ4v) is 3.90. The van der Waals surface area contributed by atoms with Gasteiger partial charge in [0, 0.05) is 6.42 Å². The van der Waals surface area contributed by atoms with E-state index < -0.39 is 0 Å². The second-order valence-corrected chi connectivity index (χ2v) is 6.69. The predicted octanol–water partition coefficient (Wildman–Crippen LogP) is 2.89. The molecule has 0 amide bonds. The molecule has 23 heavy (non-hydrogen) atoms. The highest BCUT2D eigenvalue weighted by atomic mass is 16.6. The predicted molar refractivity (Wildman–Crippen MR) is 84.8 cm³/mol. The Hall–Kier alpha value is -2.27. The van der Waals surface area contributed by atoms with Gasteiger partial charge in [0.2, 0.25) is 0 Å². The molecule has 3 atom stereocenters. The molecule has 5 heteroatoms. The van der Waals surface area contributed by atoms with Gasteiger partial charge in [-0.3, -0.25) is 9.80 Å². The Bertz CT molecular complexity index is 828. The van der Waals surface area contributed by atoms with E-state index in [0.717, 1.165) is 13.0 Å². The summed E-state index contributed by atoms with van der Waals surface area (Å²) in [5, 5.41) is 12.9. The average molecular weight is 307 g/mol. The van der Waals surface area contributed by atoms with Crippen molar-refractivity contribution in [1.29, 1.82) is 0 Å². The number of ketones is 1. The first-order chi connectivity index (χ1) is 11.3. The Morgan fingerprint density at radius 1 is 1.22 bits per heavy atom. The van der Waals surface area contributed by atoms with Crippen LogP contribution in [0.5, 0.6) is 0 Å². The van der Waals surface area contributed by atoms with Gasteiger partial charge in [-0.2, -0.15) is 5.11 Å². The molecule has 1 aliphatic carbocycles. The lowest BCUT2D eigenvalue weighted by Gasteiger charge is -2.33. The van der Waals surface area contributed by atoms with E-state index in [-0.39, 0.29) is 23.5 Å². The van der Waals surface area contributed by atoms with E-state index in [1.54, 1.807) is 0 Å². The Labute approximate surface area is 133 Å². The summed E-state index contributed by atoms with van der Waals surface area (Å²) in [6.07, 6.45) is 1.36. The maximum absolute atomic E-state index is 12.1. The van der Waals surface area contributed by atoms with E-state index in [1.807, 2.05) is 17.1 Å². The van der Waals surface area contributed by atoms with Gasteiger partial charge >= 0.3 is 0 Å². The van der Waals surface area contributed by atoms with Gasteiger partial charge in [0.25, 0.3) is 0 Å². The molecule has 2 aromatic rings. The SMILES string of the molecule is O=C1CCC2(CO2)C2C1N=NN2Cc1ccc2ccccc2c1. The van der Waals surface area contributed by atoms with Crippen molar-refractivity contribution in [2.24, 2.45) is 10.3 Å². The number of nitrogens with zero attached hydrogens (tertiary/aromatic N) is 3. The third-order valence-corrected chi connectivity index (χ3v) is 5.25. The molecule has 3 unspecified atom stereocenters. The van der Waals surface area contributed by atoms with Crippen molar-refractivity contribution < 1.29 is 9.53 Å². The lowest BCUT2D eigenvalue weighted by atomic mass is 9.80. The normalized spacial score (nSPS) is 31.8. The lowest BCUT2D eigenvalue weighted by Crippen LogP contribution is -2.53. The standard InChI is InChI=1S/C18H17N3O2/c22-15-7-8-18(11-23-18)17-16(15)19-20-21(17)10-12-5-6-13-3-1-2-4-14(13)9-12/h1-6,9,16-17H,7-8,10-11H2. The molecule has 5 rings (SSSR count). The Morgan fingerprint density at radius 3 is 2.87 bits per heavy atom. The van der Waals surface area contributed by atoms with Crippen LogP contribution in [0.1, 0.15) is 18.4 Å². The highest BCUT2D eigenvalue weighted by Gasteiger charge is 2.62. The zero-order valence-electron chi connectivity index (χ0n) is 12.7. The van der Waals surface area contributed by atoms with Crippen LogP contribution in [0.4, 0.5) is 0 Å². The monoisotopic (exact) mass is 307 g/mol. The van der Waals surface area contributed by atoms with Crippen LogP contribution in [-0.2, 0) is 16.1 Å². The number of epoxide rings is 1. The van der Waals surface area contributed by atoms with E-state index in [1.165, 1.54) is 16.3 Å². The van der Waals surface area contributed by atoms with Crippen LogP contribution < -0.4 is 0 Å². The Balaban J connectivity index is 1.45. The summed E-state index contributed by atoms with van der Waals surface area (Å²) in [6.45, 7) is 1.38. The van der Waals surface area contributed by atoms with Crippen LogP contribution >= 0.6 is 0 Å². The average Bonchev–Trinajstić information content (AvgIpc) is 3.22. The summed E-state index contributed by atoms with van der Waals surface area (Å²) in [5.74, 6) is 0.195. The van der Waals surface area contributed by atoms with Crippen LogP contribution in [0.15, 0.2) is 52.8 Å². The number of hydrogen-bond acceptors (Lipinski definition) is 5. The Kier molecular flexibility index (Phi) is 2.65. The zero-order valence-corrected chi connectivity index (χ0v) is 12.7. The number of carbonyl (C=O) groups is 1. The van der Waals surface area contributed by atoms with Crippen LogP contribution in [-0.4, -0.2) is 35.1 Å². The molecule has 2 fully saturated rings. The fourth-order valence-electron chi connectivity index (χ4n) is 3.90. The van der Waals surface area contributed by atoms with Gasteiger partial charge in [-0.1, -0.05) is 41.6 Å². The number of hydrogen-bond donors (Lipinski definition) is 0. The van der Waals surface area contributed by atoms with Gasteiger partial charge in [-0.15, -0.1) is 0 Å². The minimum absolute atomic E-state index is 0.0322. The first kappa shape index (κ1) is 13.2. The van der Waals surface area contributed by atoms with Crippen molar-refractivity contribution in [2.45, 2.75) is 37.1 Å². The van der Waals surface area contributed by atoms with Gasteiger partial charge in [0.05, 0.1) is 13.2 Å². The number of Topliss-reactive ketones (excluding diaryl/α,β-unsaturated/α-hetero) is 1. The van der Waals surface area contributed by atoms with Crippen molar-refractivity contribution in [3.8, 4) is 0 Å². The van der Waals surface area contributed by atoms with Crippen LogP contribution in [0.25, 0.3) is 10.8 Å². The number of fused-ring (bicyclic) bond motifs is 3. The largest absolute Gasteiger partial charge is 0.367 e. The van der Waals surface area contributed by atoms with Crippen molar-refractivity contribution in [3.63, 3.8) is 0 Å². The second-order valence-electron chi connectivity index (χ2n) is 6.69. The van der Waals surface area contributed by atoms with Crippen molar-refractivity contribution >= 4 is 16.6 Å². The van der Waals surface area contributed by atoms with Crippen LogP contribution in [0.2, 0.25) is 0 Å². The minimum Gasteiger partial charge on any atom is -0.367 e. The maximum atomic E-state index is 12.1. The van der Waals surface area contributed by atoms with Crippen molar-refractivity contribution in [1.82, 2.24) is 5.01 Å². The summed E-state index contributed by atoms with van der Waals surface area (Å²) < 4.78 is 5.72. The first-order valence-electron chi connectivity index (χ1n) is 8.07. The third kappa shape index (κ3) is 2.00. The van der Waals surface area contributed by atoms with Gasteiger partial charge in [-0.05, 0) is 28.8 Å². The van der Waals surface area contributed by atoms with Gasteiger partial charge in [0.1, 0.15) is 11.6 Å². The summed E-state index contributed by atoms with van der Waals surface area (Å²) in [4.78, 5) is 12.1. The summed E-state index contributed by atoms with van der Waals surface area (Å²) >= 11 is 0. The molecule has 2 heterocycles. The molecule has 0 aromatic heterocycles. The molecular weight excluding hydrogens is 290 g/mol. The molecule has 1 saturated carbocycles. The van der Waals surface area contributed by atoms with Gasteiger partial charge < -0.3 is 4.74 Å². The molecule has 2 aromatic carbocycles. The highest BCUT2D eigenvalue weighted by molar-refractivity contribution is 5.87. The third-order valence-electron chi connectivity index (χ3n) is 5.25. The van der Waals surface area contributed by atoms with Crippen molar-refractivity contribution in [3.05, 3.63) is 48.0 Å². The van der Waals surface area contributed by atoms with E-state index in [0.29, 0.717) is 13.0 Å². The molecule has 116 valence electrons. The quantitative estimate of drug-likeness (QED) is 0.802. The lowest BCUT2D eigenvalue weighted by molar-refractivity contribution is -0.124. The number of carbonyl (C=O) groups excluding carboxylic acids is 1. The van der Waals surface area contributed by atoms with E-state index >= 15 is 0 Å². The number of ether oxygens (including phenoxy) is 1. The van der Waals surface area contributed by atoms with Gasteiger partial charge in [-0.25, -0.2) is 0 Å². The van der Waals surface area contributed by atoms with E-state index in [2.05, 4.69) is 40.7 Å². The van der Waals surface area contributed by atoms with Crippen LogP contribution in [0.3, 0.4) is 0 Å². The smallest absolute Gasteiger partial charge is 0.161 e. The second kappa shape index (κ2) is 4.61. The maximum Gasteiger partial charge on any atom is 0.161 e. The minimum atomic E-state index is -0.341. The number of benzene rings is 2. The summed E-state index contributed by atoms with van der Waals surface area (Å²) in [7, 11) is 0. The molecule has 1 saturated heterocycles. The molecular formula is C18H17N3O2. The summed E-state index contributed by atoms with van der Waals surface area (Å²) in [6, 6.07) is 14.4. The fraction of sp³-hybridized carbons (Fsp3) is 0.389. The van der Waals surface area contributed by atoms with Crippen molar-refractivity contribution in [2.75, 3.05) is 6.61 Å². The Morgan fingerprint density at radius 2 is 2.04 bits per heavy atom. The molecule has 3 aliphatic rings. The molecule has 0 radical (unpaired) electrons. The molecule has 0 bridgehead atoms. The zero-order chi connectivity index (χ0) is 15.4. The number of rotatable bonds is 2. The summed E-state index contributed by atoms with van der Waals surface area (Å²) in [5.41, 5.74) is 0.982. The first-order valence-corrected chi connectivity index (χ1v) is 8.07. The van der Waals surface area contributed by atoms with E-state index in [9.17, 15) is 4.79 Å². The van der Waals surface area contributed by atoms with Gasteiger partial charge in [0.15, 0.2) is 11.8 Å². The van der Waals surface area contributed by atoms with Crippen LogP contribution in [0, 0.1) is 0 Å². The molecule has 0 N–H and O–H groups in total. The molecule has 5 nitrogen and oxygen atoms in total.